The van der Waals surface area contributed by atoms with E-state index >= 15 is 0 Å². The number of hydrogen-bond donors (Lipinski definition) is 2. The van der Waals surface area contributed by atoms with E-state index in [1.807, 2.05) is 0 Å². The van der Waals surface area contributed by atoms with Crippen molar-refractivity contribution < 1.29 is 9.18 Å². The maximum atomic E-state index is 12.8. The van der Waals surface area contributed by atoms with E-state index in [0.29, 0.717) is 30.6 Å². The Balaban J connectivity index is 1.84. The van der Waals surface area contributed by atoms with Crippen molar-refractivity contribution in [2.45, 2.75) is 13.3 Å². The average Bonchev–Trinajstić information content (AvgIpc) is 2.43. The van der Waals surface area contributed by atoms with Crippen LogP contribution in [0.4, 0.5) is 10.1 Å². The number of carbonyl (C=O) groups excluding carboxylic acids is 1. The van der Waals surface area contributed by atoms with Crippen LogP contribution in [0.3, 0.4) is 0 Å². The van der Waals surface area contributed by atoms with Crippen molar-refractivity contribution in [2.24, 2.45) is 17.6 Å². The van der Waals surface area contributed by atoms with Gasteiger partial charge in [-0.05, 0) is 55.6 Å². The van der Waals surface area contributed by atoms with Gasteiger partial charge >= 0.3 is 0 Å². The summed E-state index contributed by atoms with van der Waals surface area (Å²) in [7, 11) is 0. The van der Waals surface area contributed by atoms with Crippen LogP contribution in [-0.2, 0) is 4.79 Å². The molecule has 20 heavy (non-hydrogen) atoms. The molecule has 0 saturated carbocycles. The van der Waals surface area contributed by atoms with Gasteiger partial charge in [0.25, 0.3) is 0 Å². The molecule has 1 aromatic rings. The van der Waals surface area contributed by atoms with Crippen LogP contribution in [0.25, 0.3) is 0 Å². The van der Waals surface area contributed by atoms with Gasteiger partial charge in [-0.25, -0.2) is 4.39 Å². The molecule has 5 heteroatoms. The molecule has 2 unspecified atom stereocenters. The Hall–Kier alpha value is -1.46. The van der Waals surface area contributed by atoms with Crippen LogP contribution in [0.15, 0.2) is 24.3 Å². The summed E-state index contributed by atoms with van der Waals surface area (Å²) in [5.74, 6) is 0.708. The summed E-state index contributed by atoms with van der Waals surface area (Å²) in [6.45, 7) is 5.04. The number of benzene rings is 1. The lowest BCUT2D eigenvalue weighted by atomic mass is 9.87. The first-order valence-corrected chi connectivity index (χ1v) is 7.06. The van der Waals surface area contributed by atoms with Crippen molar-refractivity contribution in [3.8, 4) is 0 Å². The standard InChI is InChI=1S/C15H22FN3O/c1-11-6-7-19(9-12(11)8-17)10-15(20)18-14-4-2-13(16)3-5-14/h2-5,11-12H,6-10,17H2,1H3,(H,18,20). The van der Waals surface area contributed by atoms with Gasteiger partial charge in [-0.15, -0.1) is 0 Å². The highest BCUT2D eigenvalue weighted by Crippen LogP contribution is 2.22. The molecule has 2 atom stereocenters. The number of halogens is 1. The Morgan fingerprint density at radius 2 is 2.15 bits per heavy atom. The lowest BCUT2D eigenvalue weighted by molar-refractivity contribution is -0.117. The minimum atomic E-state index is -0.307. The SMILES string of the molecule is CC1CCN(CC(=O)Nc2ccc(F)cc2)CC1CN. The number of nitrogens with zero attached hydrogens (tertiary/aromatic N) is 1. The quantitative estimate of drug-likeness (QED) is 0.881. The van der Waals surface area contributed by atoms with Crippen molar-refractivity contribution in [3.63, 3.8) is 0 Å². The molecule has 110 valence electrons. The molecular weight excluding hydrogens is 257 g/mol. The van der Waals surface area contributed by atoms with Crippen molar-refractivity contribution in [3.05, 3.63) is 30.1 Å². The number of anilines is 1. The summed E-state index contributed by atoms with van der Waals surface area (Å²) in [6, 6.07) is 5.80. The molecule has 1 heterocycles. The molecule has 0 spiro atoms. The Kier molecular flexibility index (Phi) is 5.09. The zero-order valence-corrected chi connectivity index (χ0v) is 11.8. The van der Waals surface area contributed by atoms with Crippen molar-refractivity contribution >= 4 is 11.6 Å². The highest BCUT2D eigenvalue weighted by Gasteiger charge is 2.26. The zero-order chi connectivity index (χ0) is 14.5. The van der Waals surface area contributed by atoms with Crippen LogP contribution in [0.1, 0.15) is 13.3 Å². The van der Waals surface area contributed by atoms with E-state index in [1.54, 1.807) is 12.1 Å². The number of amides is 1. The van der Waals surface area contributed by atoms with Crippen molar-refractivity contribution in [1.82, 2.24) is 4.90 Å². The molecule has 0 aromatic heterocycles. The minimum absolute atomic E-state index is 0.0677. The molecule has 0 bridgehead atoms. The summed E-state index contributed by atoms with van der Waals surface area (Å²) in [6.07, 6.45) is 1.08. The van der Waals surface area contributed by atoms with E-state index in [-0.39, 0.29) is 11.7 Å². The second-order valence-electron chi connectivity index (χ2n) is 5.55. The van der Waals surface area contributed by atoms with Crippen LogP contribution < -0.4 is 11.1 Å². The molecule has 1 fully saturated rings. The number of hydrogen-bond acceptors (Lipinski definition) is 3. The third-order valence-electron chi connectivity index (χ3n) is 4.00. The summed E-state index contributed by atoms with van der Waals surface area (Å²) < 4.78 is 12.8. The van der Waals surface area contributed by atoms with Gasteiger partial charge in [-0.2, -0.15) is 0 Å². The summed E-state index contributed by atoms with van der Waals surface area (Å²) in [5.41, 5.74) is 6.38. The monoisotopic (exact) mass is 279 g/mol. The number of rotatable bonds is 4. The zero-order valence-electron chi connectivity index (χ0n) is 11.8. The molecule has 1 saturated heterocycles. The Morgan fingerprint density at radius 3 is 2.80 bits per heavy atom. The van der Waals surface area contributed by atoms with E-state index in [4.69, 9.17) is 5.73 Å². The molecule has 4 nitrogen and oxygen atoms in total. The largest absolute Gasteiger partial charge is 0.330 e. The van der Waals surface area contributed by atoms with E-state index in [9.17, 15) is 9.18 Å². The molecule has 1 aromatic carbocycles. The van der Waals surface area contributed by atoms with E-state index in [2.05, 4.69) is 17.1 Å². The second-order valence-corrected chi connectivity index (χ2v) is 5.55. The first-order valence-electron chi connectivity index (χ1n) is 7.06. The fourth-order valence-corrected chi connectivity index (χ4v) is 2.61. The molecule has 1 amide bonds. The van der Waals surface area contributed by atoms with Crippen LogP contribution in [0, 0.1) is 17.7 Å². The molecule has 1 aliphatic rings. The molecule has 0 aliphatic carbocycles. The normalized spacial score (nSPS) is 23.6. The van der Waals surface area contributed by atoms with Gasteiger partial charge in [-0.3, -0.25) is 9.69 Å². The highest BCUT2D eigenvalue weighted by molar-refractivity contribution is 5.92. The first-order chi connectivity index (χ1) is 9.58. The van der Waals surface area contributed by atoms with Gasteiger partial charge in [0, 0.05) is 12.2 Å². The molecule has 0 radical (unpaired) electrons. The highest BCUT2D eigenvalue weighted by atomic mass is 19.1. The minimum Gasteiger partial charge on any atom is -0.330 e. The topological polar surface area (TPSA) is 58.4 Å². The van der Waals surface area contributed by atoms with Gasteiger partial charge in [0.1, 0.15) is 5.82 Å². The molecule has 1 aliphatic heterocycles. The van der Waals surface area contributed by atoms with Gasteiger partial charge in [-0.1, -0.05) is 6.92 Å². The van der Waals surface area contributed by atoms with Crippen LogP contribution >= 0.6 is 0 Å². The maximum Gasteiger partial charge on any atom is 0.238 e. The van der Waals surface area contributed by atoms with Gasteiger partial charge in [0.15, 0.2) is 0 Å². The fourth-order valence-electron chi connectivity index (χ4n) is 2.61. The summed E-state index contributed by atoms with van der Waals surface area (Å²) >= 11 is 0. The smallest absolute Gasteiger partial charge is 0.238 e. The summed E-state index contributed by atoms with van der Waals surface area (Å²) in [4.78, 5) is 14.1. The summed E-state index contributed by atoms with van der Waals surface area (Å²) in [5, 5.41) is 2.78. The third kappa shape index (κ3) is 4.02. The number of carbonyl (C=O) groups is 1. The molecular formula is C15H22FN3O. The Morgan fingerprint density at radius 1 is 1.45 bits per heavy atom. The third-order valence-corrected chi connectivity index (χ3v) is 4.00. The van der Waals surface area contributed by atoms with E-state index < -0.39 is 0 Å². The van der Waals surface area contributed by atoms with Gasteiger partial charge < -0.3 is 11.1 Å². The van der Waals surface area contributed by atoms with Crippen LogP contribution in [-0.4, -0.2) is 37.0 Å². The van der Waals surface area contributed by atoms with E-state index in [0.717, 1.165) is 19.5 Å². The first kappa shape index (κ1) is 14.9. The Labute approximate surface area is 119 Å². The van der Waals surface area contributed by atoms with E-state index in [1.165, 1.54) is 12.1 Å². The van der Waals surface area contributed by atoms with Crippen molar-refractivity contribution in [1.29, 1.82) is 0 Å². The fraction of sp³-hybridized carbons (Fsp3) is 0.533. The number of nitrogens with two attached hydrogens (primary N) is 1. The van der Waals surface area contributed by atoms with Gasteiger partial charge in [0.2, 0.25) is 5.91 Å². The molecule has 2 rings (SSSR count). The van der Waals surface area contributed by atoms with Gasteiger partial charge in [0.05, 0.1) is 6.54 Å². The lowest BCUT2D eigenvalue weighted by Crippen LogP contribution is -2.45. The predicted molar refractivity (Wildman–Crippen MR) is 77.8 cm³/mol. The van der Waals surface area contributed by atoms with Crippen LogP contribution in [0.2, 0.25) is 0 Å². The molecule has 3 N–H and O–H groups in total. The maximum absolute atomic E-state index is 12.8. The average molecular weight is 279 g/mol. The number of piperidine rings is 1. The number of likely N-dealkylation sites (tertiary alicyclic amines) is 1. The lowest BCUT2D eigenvalue weighted by Gasteiger charge is -2.36. The Bertz CT molecular complexity index is 449. The van der Waals surface area contributed by atoms with Crippen molar-refractivity contribution in [2.75, 3.05) is 31.5 Å². The second kappa shape index (κ2) is 6.81. The number of nitrogens with one attached hydrogen (secondary N) is 1. The van der Waals surface area contributed by atoms with Crippen LogP contribution in [0.5, 0.6) is 0 Å². The predicted octanol–water partition coefficient (Wildman–Crippen LogP) is 1.68.